The number of furan rings is 1. The van der Waals surface area contributed by atoms with E-state index in [1.54, 1.807) is 12.5 Å². The lowest BCUT2D eigenvalue weighted by molar-refractivity contribution is 0.156. The lowest BCUT2D eigenvalue weighted by Gasteiger charge is -2.12. The molecule has 0 spiro atoms. The van der Waals surface area contributed by atoms with Gasteiger partial charge in [0, 0.05) is 18.0 Å². The SMILES string of the molecule is Cc1ccc(-c2cccc(C(O)Cn3ccnc3)c2)o1. The van der Waals surface area contributed by atoms with Crippen LogP contribution < -0.4 is 0 Å². The number of aliphatic hydroxyl groups is 1. The second kappa shape index (κ2) is 5.35. The minimum atomic E-state index is -0.569. The smallest absolute Gasteiger partial charge is 0.134 e. The maximum absolute atomic E-state index is 10.3. The van der Waals surface area contributed by atoms with Gasteiger partial charge in [-0.2, -0.15) is 0 Å². The number of imidazole rings is 1. The number of rotatable bonds is 4. The van der Waals surface area contributed by atoms with Gasteiger partial charge in [-0.05, 0) is 30.7 Å². The predicted molar refractivity (Wildman–Crippen MR) is 76.1 cm³/mol. The number of aryl methyl sites for hydroxylation is 1. The van der Waals surface area contributed by atoms with Gasteiger partial charge in [0.15, 0.2) is 0 Å². The molecule has 20 heavy (non-hydrogen) atoms. The molecule has 0 aliphatic rings. The molecule has 2 aromatic heterocycles. The average molecular weight is 268 g/mol. The van der Waals surface area contributed by atoms with Crippen molar-refractivity contribution in [3.8, 4) is 11.3 Å². The van der Waals surface area contributed by atoms with Crippen molar-refractivity contribution in [2.24, 2.45) is 0 Å². The third-order valence-corrected chi connectivity index (χ3v) is 3.24. The van der Waals surface area contributed by atoms with E-state index in [2.05, 4.69) is 4.98 Å². The van der Waals surface area contributed by atoms with Crippen molar-refractivity contribution in [1.29, 1.82) is 0 Å². The summed E-state index contributed by atoms with van der Waals surface area (Å²) in [5, 5.41) is 10.3. The van der Waals surface area contributed by atoms with Crippen LogP contribution in [0.4, 0.5) is 0 Å². The normalized spacial score (nSPS) is 12.5. The molecule has 0 radical (unpaired) electrons. The van der Waals surface area contributed by atoms with Crippen LogP contribution in [0.2, 0.25) is 0 Å². The Hall–Kier alpha value is -2.33. The van der Waals surface area contributed by atoms with Gasteiger partial charge in [0.25, 0.3) is 0 Å². The molecule has 3 rings (SSSR count). The van der Waals surface area contributed by atoms with Crippen molar-refractivity contribution in [3.05, 3.63) is 66.4 Å². The van der Waals surface area contributed by atoms with Crippen LogP contribution >= 0.6 is 0 Å². The number of aromatic nitrogens is 2. The molecule has 4 heteroatoms. The molecule has 1 aromatic carbocycles. The first-order valence-corrected chi connectivity index (χ1v) is 6.53. The van der Waals surface area contributed by atoms with Crippen LogP contribution in [0.25, 0.3) is 11.3 Å². The molecule has 3 aromatic rings. The number of hydrogen-bond donors (Lipinski definition) is 1. The first-order chi connectivity index (χ1) is 9.72. The summed E-state index contributed by atoms with van der Waals surface area (Å²) < 4.78 is 7.47. The Morgan fingerprint density at radius 3 is 2.90 bits per heavy atom. The molecule has 1 N–H and O–H groups in total. The lowest BCUT2D eigenvalue weighted by Crippen LogP contribution is -2.07. The lowest BCUT2D eigenvalue weighted by atomic mass is 10.0. The van der Waals surface area contributed by atoms with Gasteiger partial charge in [-0.1, -0.05) is 18.2 Å². The van der Waals surface area contributed by atoms with E-state index < -0.39 is 6.10 Å². The molecule has 0 amide bonds. The van der Waals surface area contributed by atoms with Crippen LogP contribution in [0.15, 0.2) is 59.5 Å². The molecule has 4 nitrogen and oxygen atoms in total. The Labute approximate surface area is 117 Å². The largest absolute Gasteiger partial charge is 0.461 e. The van der Waals surface area contributed by atoms with Gasteiger partial charge in [-0.15, -0.1) is 0 Å². The Morgan fingerprint density at radius 2 is 2.20 bits per heavy atom. The first kappa shape index (κ1) is 12.7. The fraction of sp³-hybridized carbons (Fsp3) is 0.188. The van der Waals surface area contributed by atoms with E-state index in [4.69, 9.17) is 4.42 Å². The van der Waals surface area contributed by atoms with Crippen LogP contribution in [-0.4, -0.2) is 14.7 Å². The fourth-order valence-corrected chi connectivity index (χ4v) is 2.19. The molecule has 2 heterocycles. The van der Waals surface area contributed by atoms with Gasteiger partial charge in [0.05, 0.1) is 19.0 Å². The first-order valence-electron chi connectivity index (χ1n) is 6.53. The molecule has 0 aliphatic carbocycles. The van der Waals surface area contributed by atoms with Crippen molar-refractivity contribution in [3.63, 3.8) is 0 Å². The minimum Gasteiger partial charge on any atom is -0.461 e. The van der Waals surface area contributed by atoms with Gasteiger partial charge < -0.3 is 14.1 Å². The summed E-state index contributed by atoms with van der Waals surface area (Å²) in [4.78, 5) is 3.97. The van der Waals surface area contributed by atoms with Gasteiger partial charge >= 0.3 is 0 Å². The third-order valence-electron chi connectivity index (χ3n) is 3.24. The highest BCUT2D eigenvalue weighted by atomic mass is 16.3. The van der Waals surface area contributed by atoms with Crippen LogP contribution in [0, 0.1) is 6.92 Å². The number of hydrogen-bond acceptors (Lipinski definition) is 3. The van der Waals surface area contributed by atoms with E-state index >= 15 is 0 Å². The minimum absolute atomic E-state index is 0.487. The monoisotopic (exact) mass is 268 g/mol. The van der Waals surface area contributed by atoms with Crippen LogP contribution in [0.1, 0.15) is 17.4 Å². The summed E-state index contributed by atoms with van der Waals surface area (Å²) in [5.74, 6) is 1.70. The summed E-state index contributed by atoms with van der Waals surface area (Å²) >= 11 is 0. The van der Waals surface area contributed by atoms with E-state index in [9.17, 15) is 5.11 Å². The van der Waals surface area contributed by atoms with Crippen LogP contribution in [0.3, 0.4) is 0 Å². The maximum Gasteiger partial charge on any atom is 0.134 e. The molecule has 102 valence electrons. The zero-order chi connectivity index (χ0) is 13.9. The summed E-state index contributed by atoms with van der Waals surface area (Å²) in [6.07, 6.45) is 4.67. The van der Waals surface area contributed by atoms with Crippen molar-refractivity contribution >= 4 is 0 Å². The zero-order valence-corrected chi connectivity index (χ0v) is 11.2. The predicted octanol–water partition coefficient (Wildman–Crippen LogP) is 3.19. The Morgan fingerprint density at radius 1 is 1.30 bits per heavy atom. The summed E-state index contributed by atoms with van der Waals surface area (Å²) in [7, 11) is 0. The zero-order valence-electron chi connectivity index (χ0n) is 11.2. The van der Waals surface area contributed by atoms with Gasteiger partial charge in [0.1, 0.15) is 11.5 Å². The second-order valence-corrected chi connectivity index (χ2v) is 4.81. The number of aliphatic hydroxyl groups excluding tert-OH is 1. The summed E-state index contributed by atoms with van der Waals surface area (Å²) in [6, 6.07) is 11.7. The van der Waals surface area contributed by atoms with Gasteiger partial charge in [0.2, 0.25) is 0 Å². The third kappa shape index (κ3) is 2.65. The Bertz CT molecular complexity index is 686. The van der Waals surface area contributed by atoms with Crippen molar-refractivity contribution in [2.75, 3.05) is 0 Å². The van der Waals surface area contributed by atoms with E-state index in [0.717, 1.165) is 22.6 Å². The topological polar surface area (TPSA) is 51.2 Å². The van der Waals surface area contributed by atoms with Crippen molar-refractivity contribution in [2.45, 2.75) is 19.6 Å². The quantitative estimate of drug-likeness (QED) is 0.790. The van der Waals surface area contributed by atoms with Crippen LogP contribution in [0.5, 0.6) is 0 Å². The highest BCUT2D eigenvalue weighted by Crippen LogP contribution is 2.25. The van der Waals surface area contributed by atoms with Crippen LogP contribution in [-0.2, 0) is 6.54 Å². The molecule has 1 atom stereocenters. The molecule has 0 bridgehead atoms. The molecule has 1 unspecified atom stereocenters. The molecule has 0 saturated heterocycles. The Kier molecular flexibility index (Phi) is 3.39. The summed E-state index contributed by atoms with van der Waals surface area (Å²) in [6.45, 7) is 2.40. The van der Waals surface area contributed by atoms with Crippen molar-refractivity contribution in [1.82, 2.24) is 9.55 Å². The maximum atomic E-state index is 10.3. The van der Waals surface area contributed by atoms with E-state index in [0.29, 0.717) is 6.54 Å². The Balaban J connectivity index is 1.83. The molecule has 0 saturated carbocycles. The van der Waals surface area contributed by atoms with Gasteiger partial charge in [-0.3, -0.25) is 0 Å². The van der Waals surface area contributed by atoms with E-state index in [1.165, 1.54) is 0 Å². The summed E-state index contributed by atoms with van der Waals surface area (Å²) in [5.41, 5.74) is 1.84. The average Bonchev–Trinajstić information content (AvgIpc) is 3.10. The second-order valence-electron chi connectivity index (χ2n) is 4.81. The van der Waals surface area contributed by atoms with E-state index in [1.807, 2.05) is 54.1 Å². The number of benzene rings is 1. The fourth-order valence-electron chi connectivity index (χ4n) is 2.19. The highest BCUT2D eigenvalue weighted by Gasteiger charge is 2.10. The molecule has 0 fully saturated rings. The highest BCUT2D eigenvalue weighted by molar-refractivity contribution is 5.58. The van der Waals surface area contributed by atoms with Crippen molar-refractivity contribution < 1.29 is 9.52 Å². The molecular formula is C16H16N2O2. The number of nitrogens with zero attached hydrogens (tertiary/aromatic N) is 2. The van der Waals surface area contributed by atoms with E-state index in [-0.39, 0.29) is 0 Å². The van der Waals surface area contributed by atoms with Gasteiger partial charge in [-0.25, -0.2) is 4.98 Å². The molecular weight excluding hydrogens is 252 g/mol. The standard InChI is InChI=1S/C16H16N2O2/c1-12-5-6-16(20-12)14-4-2-3-13(9-14)15(19)10-18-8-7-17-11-18/h2-9,11,15,19H,10H2,1H3. The molecule has 0 aliphatic heterocycles.